The normalized spacial score (nSPS) is 19.2. The van der Waals surface area contributed by atoms with Crippen LogP contribution in [0.3, 0.4) is 0 Å². The summed E-state index contributed by atoms with van der Waals surface area (Å²) < 4.78 is 118. The number of esters is 1. The van der Waals surface area contributed by atoms with Gasteiger partial charge in [-0.05, 0) is 111 Å². The smallest absolute Gasteiger partial charge is 0.475 e. The van der Waals surface area contributed by atoms with Crippen LogP contribution in [0.5, 0.6) is 0 Å². The van der Waals surface area contributed by atoms with Crippen molar-refractivity contribution in [2.75, 3.05) is 94.3 Å². The maximum absolute atomic E-state index is 12.8. The molecular formula is C99H138ClF3N10O28. The maximum Gasteiger partial charge on any atom is 0.490 e. The summed E-state index contributed by atoms with van der Waals surface area (Å²) in [7, 11) is 7.42. The molecule has 12 rings (SSSR count). The molecule has 0 radical (unpaired) electrons. The Balaban J connectivity index is 0.000000299. The first kappa shape index (κ1) is 120. The Labute approximate surface area is 826 Å². The van der Waals surface area contributed by atoms with Gasteiger partial charge in [-0.1, -0.05) is 152 Å². The Kier molecular flexibility index (Phi) is 51.2. The number of β-amino-alcohol motifs (C(OH)–C–C–N with tert-alkyl or cyclic N) is 1. The fourth-order valence-corrected chi connectivity index (χ4v) is 14.6. The molecule has 0 spiro atoms. The number of halogens is 4. The number of benzene rings is 5. The van der Waals surface area contributed by atoms with Gasteiger partial charge >= 0.3 is 48.6 Å². The van der Waals surface area contributed by atoms with E-state index in [1.807, 2.05) is 235 Å². The number of hydrogen-bond donors (Lipinski definition) is 5. The summed E-state index contributed by atoms with van der Waals surface area (Å²) in [6, 6.07) is 44.5. The van der Waals surface area contributed by atoms with E-state index in [-0.39, 0.29) is 137 Å². The first-order chi connectivity index (χ1) is 66.8. The quantitative estimate of drug-likeness (QED) is 0.00999. The van der Waals surface area contributed by atoms with Gasteiger partial charge in [0.15, 0.2) is 12.6 Å². The minimum Gasteiger partial charge on any atom is -0.475 e. The van der Waals surface area contributed by atoms with E-state index in [9.17, 15) is 61.4 Å². The Bertz CT molecular complexity index is 4780. The highest BCUT2D eigenvalue weighted by Crippen LogP contribution is 2.37. The SMILES string of the molecule is CC(C)(C)O[C@@H]1C[C@@H](C(=O)NCC=O)N(C(=O)OCc2ccccc2)C1.CC(C)(C)O[C@@H]1C[C@@H](c2ncco2)N(C(=O)OCc2ccccc2)C1.CCl.COC(=O)[C@@H]1C[C@@H](OC(C)(C)C)CN1C(=O)OCc1ccccc1.COC(CN)OC.COC(CNC(=O)[C@@H]1C[C@@H](OC(C)(C)C)CN1C(=O)OCc1ccccc1)OC.O=C(O)C(F)(F)F.O=C(OCc1ccccc1)N1C[C@H](O)C[C@H]1c1ncco1. The van der Waals surface area contributed by atoms with E-state index in [0.29, 0.717) is 76.4 Å². The number of aromatic nitrogens is 2. The Hall–Kier alpha value is -11.9. The van der Waals surface area contributed by atoms with Gasteiger partial charge in [-0.15, -0.1) is 11.6 Å². The number of carboxylic acids is 1. The van der Waals surface area contributed by atoms with Gasteiger partial charge in [-0.3, -0.25) is 34.1 Å². The molecule has 38 nitrogen and oxygen atoms in total. The predicted octanol–water partition coefficient (Wildman–Crippen LogP) is 14.1. The molecule has 780 valence electrons. The summed E-state index contributed by atoms with van der Waals surface area (Å²) in [5.41, 5.74) is 8.24. The number of nitrogens with one attached hydrogen (secondary N) is 2. The molecule has 7 heterocycles. The van der Waals surface area contributed by atoms with Crippen molar-refractivity contribution < 1.29 is 146 Å². The van der Waals surface area contributed by atoms with E-state index >= 15 is 0 Å². The number of aliphatic hydroxyl groups is 1. The number of alkyl halides is 4. The number of oxazole rings is 2. The fourth-order valence-electron chi connectivity index (χ4n) is 14.6. The van der Waals surface area contributed by atoms with Gasteiger partial charge in [-0.2, -0.15) is 13.2 Å². The van der Waals surface area contributed by atoms with Gasteiger partial charge in [0, 0.05) is 73.5 Å². The van der Waals surface area contributed by atoms with Crippen molar-refractivity contribution in [3.05, 3.63) is 216 Å². The summed E-state index contributed by atoms with van der Waals surface area (Å²) in [6.45, 7) is 26.4. The summed E-state index contributed by atoms with van der Waals surface area (Å²) in [5.74, 6) is -2.95. The lowest BCUT2D eigenvalue weighted by molar-refractivity contribution is -0.192. The van der Waals surface area contributed by atoms with E-state index in [1.54, 1.807) is 25.3 Å². The van der Waals surface area contributed by atoms with Crippen LogP contribution in [0.15, 0.2) is 185 Å². The van der Waals surface area contributed by atoms with Gasteiger partial charge in [0.25, 0.3) is 0 Å². The van der Waals surface area contributed by atoms with E-state index in [2.05, 4.69) is 32.2 Å². The minimum atomic E-state index is -5.08. The maximum atomic E-state index is 12.8. The van der Waals surface area contributed by atoms with E-state index in [4.69, 9.17) is 90.8 Å². The van der Waals surface area contributed by atoms with Gasteiger partial charge in [0.1, 0.15) is 82.1 Å². The number of aliphatic hydroxyl groups excluding tert-OH is 1. The molecule has 7 amide bonds. The van der Waals surface area contributed by atoms with Crippen LogP contribution < -0.4 is 16.4 Å². The highest BCUT2D eigenvalue weighted by Gasteiger charge is 2.48. The lowest BCUT2D eigenvalue weighted by Gasteiger charge is -2.25. The number of nitrogens with two attached hydrogens (primary N) is 1. The second-order valence-corrected chi connectivity index (χ2v) is 36.0. The second-order valence-electron chi connectivity index (χ2n) is 36.0. The lowest BCUT2D eigenvalue weighted by atomic mass is 10.1. The predicted molar refractivity (Wildman–Crippen MR) is 508 cm³/mol. The van der Waals surface area contributed by atoms with Crippen LogP contribution in [-0.2, 0) is 123 Å². The molecule has 5 aromatic carbocycles. The highest BCUT2D eigenvalue weighted by atomic mass is 35.5. The van der Waals surface area contributed by atoms with Gasteiger partial charge in [0.2, 0.25) is 23.6 Å². The van der Waals surface area contributed by atoms with Crippen LogP contribution in [0.4, 0.5) is 37.1 Å². The number of carbonyl (C=O) groups is 10. The average molecular weight is 2010 g/mol. The lowest BCUT2D eigenvalue weighted by Crippen LogP contribution is -2.48. The number of carbonyl (C=O) groups excluding carboxylic acids is 9. The van der Waals surface area contributed by atoms with E-state index in [1.165, 1.54) is 66.0 Å². The van der Waals surface area contributed by atoms with Crippen LogP contribution in [0.1, 0.15) is 167 Å². The zero-order valence-electron chi connectivity index (χ0n) is 83.2. The third-order valence-electron chi connectivity index (χ3n) is 20.4. The monoisotopic (exact) mass is 2010 g/mol. The van der Waals surface area contributed by atoms with Crippen molar-refractivity contribution in [1.29, 1.82) is 0 Å². The zero-order valence-corrected chi connectivity index (χ0v) is 84.0. The molecule has 5 aliphatic heterocycles. The van der Waals surface area contributed by atoms with Gasteiger partial charge < -0.3 is 107 Å². The first-order valence-corrected chi connectivity index (χ1v) is 46.1. The molecule has 2 aromatic heterocycles. The van der Waals surface area contributed by atoms with Crippen molar-refractivity contribution >= 4 is 72.1 Å². The molecule has 42 heteroatoms. The molecule has 10 atom stereocenters. The number of aldehydes is 1. The largest absolute Gasteiger partial charge is 0.490 e. The van der Waals surface area contributed by atoms with E-state index < -0.39 is 78.6 Å². The van der Waals surface area contributed by atoms with Gasteiger partial charge in [0.05, 0.1) is 118 Å². The van der Waals surface area contributed by atoms with Crippen molar-refractivity contribution in [2.24, 2.45) is 5.73 Å². The van der Waals surface area contributed by atoms with E-state index in [0.717, 1.165) is 27.8 Å². The number of carboxylic acid groups (broad SMARTS) is 1. The fraction of sp³-hybridized carbons (Fsp3) is 0.535. The molecule has 0 bridgehead atoms. The number of nitrogens with zero attached hydrogens (tertiary/aromatic N) is 7. The topological polar surface area (TPSA) is 459 Å². The molecule has 5 fully saturated rings. The summed E-state index contributed by atoms with van der Waals surface area (Å²) >= 11 is 4.64. The number of aliphatic carboxylic acids is 1. The first-order valence-electron chi connectivity index (χ1n) is 45.4. The van der Waals surface area contributed by atoms with Crippen LogP contribution in [0.2, 0.25) is 0 Å². The zero-order chi connectivity index (χ0) is 105. The number of methoxy groups -OCH3 is 5. The van der Waals surface area contributed by atoms with Crippen LogP contribution >= 0.6 is 11.6 Å². The Morgan fingerprint density at radius 3 is 0.979 bits per heavy atom. The third kappa shape index (κ3) is 44.4. The third-order valence-corrected chi connectivity index (χ3v) is 20.4. The highest BCUT2D eigenvalue weighted by molar-refractivity contribution is 6.15. The Morgan fingerprint density at radius 1 is 0.433 bits per heavy atom. The van der Waals surface area contributed by atoms with Crippen molar-refractivity contribution in [2.45, 2.75) is 250 Å². The van der Waals surface area contributed by atoms with Crippen LogP contribution in [0.25, 0.3) is 0 Å². The number of ether oxygens (including phenoxy) is 14. The number of likely N-dealkylation sites (tertiary alicyclic amines) is 5. The second kappa shape index (κ2) is 60.4. The van der Waals surface area contributed by atoms with Crippen molar-refractivity contribution in [1.82, 2.24) is 45.1 Å². The molecule has 0 saturated carbocycles. The summed E-state index contributed by atoms with van der Waals surface area (Å²) in [5, 5.41) is 22.2. The van der Waals surface area contributed by atoms with Crippen LogP contribution in [-0.4, -0.2) is 289 Å². The summed E-state index contributed by atoms with van der Waals surface area (Å²) in [6.07, 6.45) is 0.564. The molecule has 5 saturated heterocycles. The number of rotatable bonds is 28. The summed E-state index contributed by atoms with van der Waals surface area (Å²) in [4.78, 5) is 134. The number of amides is 7. The molecule has 141 heavy (non-hydrogen) atoms. The average Bonchev–Trinajstić information content (AvgIpc) is 1.67. The molecule has 0 aliphatic carbocycles. The van der Waals surface area contributed by atoms with Crippen molar-refractivity contribution in [3.63, 3.8) is 0 Å². The minimum absolute atomic E-state index is 0.0822. The van der Waals surface area contributed by atoms with Gasteiger partial charge in [-0.25, -0.2) is 43.5 Å². The standard InChI is InChI=1S/C21H32N2O6.C19H26N2O5.C19H24N2O4.C18H25NO5.C15H16N2O4.C4H11NO2.C2HF3O2.CH3Cl/c1-21(2,3)29-16-11-17(19(24)22-12-18(26-4)27-5)23(13-16)20(25)28-14-15-9-7-6-8-10-15;1-19(2,3)26-15-11-16(17(23)20-9-10-22)21(12-15)18(24)25-13-14-7-5-4-6-8-14;1-19(2,3)25-15-11-16(17-20-9-10-23-17)21(12-15)18(22)24-13-14-7-5-4-6-8-14;1-18(2,3)24-14-10-15(16(20)22-4)19(11-14)17(21)23-12-13-8-6-5-7-9-13;18-12-8-13(14-16-6-7-20-14)17(9-12)15(19)21-10-11-4-2-1-3-5-11;1-6-4(3-5)7-2;3-2(4,5)1(6)7;1-2/h6-10,16-18H,11-14H2,1-5H3,(H,22,24);4-8,10,15-16H,9,11-13H2,1-3H3,(H,20,23);4-10,15-16H,11-13H2,1-3H3;5-9,14-15H,10-12H2,1-4H3;1-7,12-13,18H,8-10H2;4H,3,5H2,1-2H3;(H,6,7);1H3/t16-,17+;2*15-,16+;14-,15+;12-,13+;;;/m11111.../s1. The number of hydrogen-bond acceptors (Lipinski definition) is 30. The Morgan fingerprint density at radius 2 is 0.709 bits per heavy atom. The molecule has 5 aliphatic rings. The molecule has 7 aromatic rings. The van der Waals surface area contributed by atoms with Crippen LogP contribution in [0, 0.1) is 0 Å². The molecule has 6 N–H and O–H groups in total. The molecule has 0 unspecified atom stereocenters. The van der Waals surface area contributed by atoms with Crippen molar-refractivity contribution in [3.8, 4) is 0 Å². The molecular weight excluding hydrogens is 1870 g/mol.